The molecule has 0 aromatic heterocycles. The Morgan fingerprint density at radius 3 is 2.57 bits per heavy atom. The molecular weight excluding hydrogens is 360 g/mol. The summed E-state index contributed by atoms with van der Waals surface area (Å²) >= 11 is 0. The smallest absolute Gasteiger partial charge is 0.258 e. The lowest BCUT2D eigenvalue weighted by atomic mass is 10.3. The van der Waals surface area contributed by atoms with Gasteiger partial charge < -0.3 is 24.4 Å². The van der Waals surface area contributed by atoms with Crippen LogP contribution < -0.4 is 24.4 Å². The maximum atomic E-state index is 11.9. The fourth-order valence-corrected chi connectivity index (χ4v) is 2.89. The maximum absolute atomic E-state index is 11.9. The average Bonchev–Trinajstić information content (AvgIpc) is 3.16. The number of anilines is 1. The highest BCUT2D eigenvalue weighted by molar-refractivity contribution is 5.95. The summed E-state index contributed by atoms with van der Waals surface area (Å²) in [6.45, 7) is 1.38. The summed E-state index contributed by atoms with van der Waals surface area (Å²) in [5.74, 6) is 1.90. The van der Waals surface area contributed by atoms with E-state index in [1.165, 1.54) is 0 Å². The van der Waals surface area contributed by atoms with Crippen LogP contribution in [0.2, 0.25) is 0 Å². The summed E-state index contributed by atoms with van der Waals surface area (Å²) < 4.78 is 16.2. The molecule has 2 aromatic rings. The van der Waals surface area contributed by atoms with Crippen molar-refractivity contribution >= 4 is 17.5 Å². The maximum Gasteiger partial charge on any atom is 0.258 e. The van der Waals surface area contributed by atoms with Crippen LogP contribution >= 0.6 is 0 Å². The van der Waals surface area contributed by atoms with Gasteiger partial charge in [-0.15, -0.1) is 0 Å². The van der Waals surface area contributed by atoms with Crippen molar-refractivity contribution in [3.8, 4) is 17.2 Å². The van der Waals surface area contributed by atoms with Gasteiger partial charge in [0.1, 0.15) is 23.9 Å². The molecule has 7 heteroatoms. The molecule has 0 bridgehead atoms. The normalized spacial score (nSPS) is 13.3. The molecule has 0 spiro atoms. The highest BCUT2D eigenvalue weighted by Gasteiger charge is 2.21. The van der Waals surface area contributed by atoms with Gasteiger partial charge in [0.05, 0.1) is 13.7 Å². The Morgan fingerprint density at radius 1 is 1.07 bits per heavy atom. The number of hydrogen-bond donors (Lipinski definition) is 1. The van der Waals surface area contributed by atoms with Crippen LogP contribution in [0.3, 0.4) is 0 Å². The van der Waals surface area contributed by atoms with Crippen molar-refractivity contribution in [2.45, 2.75) is 12.8 Å². The van der Waals surface area contributed by atoms with Crippen LogP contribution in [0.15, 0.2) is 48.5 Å². The summed E-state index contributed by atoms with van der Waals surface area (Å²) in [7, 11) is 1.60. The van der Waals surface area contributed by atoms with E-state index in [9.17, 15) is 9.59 Å². The standard InChI is InChI=1S/C21H24N2O5/c1-26-18-4-2-5-19(14-18)27-13-11-22-20(24)15-28-17-9-7-16(8-10-17)23-12-3-6-21(23)25/h2,4-5,7-10,14H,3,6,11-13,15H2,1H3,(H,22,24). The second kappa shape index (κ2) is 9.64. The quantitative estimate of drug-likeness (QED) is 0.672. The van der Waals surface area contributed by atoms with Crippen LogP contribution in [0.5, 0.6) is 17.2 Å². The molecule has 1 N–H and O–H groups in total. The third-order valence-corrected chi connectivity index (χ3v) is 4.33. The molecule has 3 rings (SSSR count). The zero-order chi connectivity index (χ0) is 19.8. The minimum Gasteiger partial charge on any atom is -0.497 e. The van der Waals surface area contributed by atoms with E-state index in [1.54, 1.807) is 30.2 Å². The summed E-state index contributed by atoms with van der Waals surface area (Å²) in [6.07, 6.45) is 1.48. The van der Waals surface area contributed by atoms with Crippen LogP contribution in [-0.2, 0) is 9.59 Å². The Labute approximate surface area is 164 Å². The lowest BCUT2D eigenvalue weighted by Crippen LogP contribution is -2.32. The Hall–Kier alpha value is -3.22. The monoisotopic (exact) mass is 384 g/mol. The number of carbonyl (C=O) groups is 2. The molecule has 2 amide bonds. The fourth-order valence-electron chi connectivity index (χ4n) is 2.89. The van der Waals surface area contributed by atoms with Gasteiger partial charge in [0.15, 0.2) is 6.61 Å². The number of rotatable bonds is 9. The van der Waals surface area contributed by atoms with Gasteiger partial charge >= 0.3 is 0 Å². The van der Waals surface area contributed by atoms with Crippen molar-refractivity contribution in [1.29, 1.82) is 0 Å². The van der Waals surface area contributed by atoms with Gasteiger partial charge in [0.25, 0.3) is 5.91 Å². The first kappa shape index (κ1) is 19.5. The SMILES string of the molecule is COc1cccc(OCCNC(=O)COc2ccc(N3CCCC3=O)cc2)c1. The van der Waals surface area contributed by atoms with E-state index < -0.39 is 0 Å². The number of nitrogens with one attached hydrogen (secondary N) is 1. The van der Waals surface area contributed by atoms with E-state index in [0.29, 0.717) is 31.1 Å². The zero-order valence-corrected chi connectivity index (χ0v) is 15.8. The highest BCUT2D eigenvalue weighted by Crippen LogP contribution is 2.23. The van der Waals surface area contributed by atoms with E-state index in [-0.39, 0.29) is 18.4 Å². The number of amides is 2. The minimum absolute atomic E-state index is 0.0822. The molecule has 7 nitrogen and oxygen atoms in total. The molecular formula is C21H24N2O5. The van der Waals surface area contributed by atoms with Crippen LogP contribution in [-0.4, -0.2) is 45.2 Å². The van der Waals surface area contributed by atoms with Gasteiger partial charge in [0, 0.05) is 24.7 Å². The topological polar surface area (TPSA) is 77.1 Å². The molecule has 0 atom stereocenters. The number of carbonyl (C=O) groups excluding carboxylic acids is 2. The average molecular weight is 384 g/mol. The van der Waals surface area contributed by atoms with Crippen LogP contribution in [0.1, 0.15) is 12.8 Å². The van der Waals surface area contributed by atoms with Crippen molar-refractivity contribution in [3.05, 3.63) is 48.5 Å². The number of hydrogen-bond acceptors (Lipinski definition) is 5. The predicted molar refractivity (Wildman–Crippen MR) is 105 cm³/mol. The van der Waals surface area contributed by atoms with Crippen molar-refractivity contribution in [1.82, 2.24) is 5.32 Å². The highest BCUT2D eigenvalue weighted by atomic mass is 16.5. The summed E-state index contributed by atoms with van der Waals surface area (Å²) in [5, 5.41) is 2.74. The largest absolute Gasteiger partial charge is 0.497 e. The summed E-state index contributed by atoms with van der Waals surface area (Å²) in [4.78, 5) is 25.4. The number of nitrogens with zero attached hydrogens (tertiary/aromatic N) is 1. The number of methoxy groups -OCH3 is 1. The molecule has 1 aliphatic heterocycles. The van der Waals surface area contributed by atoms with Gasteiger partial charge in [-0.3, -0.25) is 9.59 Å². The van der Waals surface area contributed by atoms with Crippen LogP contribution in [0, 0.1) is 0 Å². The van der Waals surface area contributed by atoms with Crippen molar-refractivity contribution in [2.75, 3.05) is 38.3 Å². The minimum atomic E-state index is -0.229. The van der Waals surface area contributed by atoms with Crippen molar-refractivity contribution < 1.29 is 23.8 Å². The molecule has 0 unspecified atom stereocenters. The van der Waals surface area contributed by atoms with Crippen LogP contribution in [0.4, 0.5) is 5.69 Å². The molecule has 0 aliphatic carbocycles. The van der Waals surface area contributed by atoms with Crippen molar-refractivity contribution in [3.63, 3.8) is 0 Å². The Balaban J connectivity index is 1.35. The van der Waals surface area contributed by atoms with E-state index >= 15 is 0 Å². The molecule has 28 heavy (non-hydrogen) atoms. The zero-order valence-electron chi connectivity index (χ0n) is 15.8. The summed E-state index contributed by atoms with van der Waals surface area (Å²) in [5.41, 5.74) is 0.856. The molecule has 148 valence electrons. The number of benzene rings is 2. The Bertz CT molecular complexity index is 807. The van der Waals surface area contributed by atoms with Gasteiger partial charge in [-0.25, -0.2) is 0 Å². The lowest BCUT2D eigenvalue weighted by Gasteiger charge is -2.16. The Morgan fingerprint density at radius 2 is 1.86 bits per heavy atom. The lowest BCUT2D eigenvalue weighted by molar-refractivity contribution is -0.123. The molecule has 1 heterocycles. The van der Waals surface area contributed by atoms with E-state index in [1.807, 2.05) is 30.3 Å². The first-order valence-electron chi connectivity index (χ1n) is 9.22. The fraction of sp³-hybridized carbons (Fsp3) is 0.333. The first-order valence-corrected chi connectivity index (χ1v) is 9.22. The molecule has 1 aliphatic rings. The van der Waals surface area contributed by atoms with E-state index in [2.05, 4.69) is 5.32 Å². The third-order valence-electron chi connectivity index (χ3n) is 4.33. The molecule has 1 fully saturated rings. The van der Waals surface area contributed by atoms with Gasteiger partial charge in [-0.05, 0) is 42.8 Å². The second-order valence-corrected chi connectivity index (χ2v) is 6.31. The number of ether oxygens (including phenoxy) is 3. The van der Waals surface area contributed by atoms with E-state index in [0.717, 1.165) is 24.4 Å². The predicted octanol–water partition coefficient (Wildman–Crippen LogP) is 2.40. The second-order valence-electron chi connectivity index (χ2n) is 6.31. The molecule has 1 saturated heterocycles. The van der Waals surface area contributed by atoms with Crippen molar-refractivity contribution in [2.24, 2.45) is 0 Å². The molecule has 2 aromatic carbocycles. The third kappa shape index (κ3) is 5.39. The molecule has 0 radical (unpaired) electrons. The Kier molecular flexibility index (Phi) is 6.73. The van der Waals surface area contributed by atoms with Gasteiger partial charge in [0.2, 0.25) is 5.91 Å². The summed E-state index contributed by atoms with van der Waals surface area (Å²) in [6, 6.07) is 14.5. The van der Waals surface area contributed by atoms with Gasteiger partial charge in [-0.1, -0.05) is 6.07 Å². The first-order chi connectivity index (χ1) is 13.7. The van der Waals surface area contributed by atoms with Crippen LogP contribution in [0.25, 0.3) is 0 Å². The van der Waals surface area contributed by atoms with Gasteiger partial charge in [-0.2, -0.15) is 0 Å². The molecule has 0 saturated carbocycles. The van der Waals surface area contributed by atoms with E-state index in [4.69, 9.17) is 14.2 Å².